The number of thioether (sulfide) groups is 1. The summed E-state index contributed by atoms with van der Waals surface area (Å²) in [6, 6.07) is 21.7. The van der Waals surface area contributed by atoms with Crippen LogP contribution in [0.1, 0.15) is 22.7 Å². The topological polar surface area (TPSA) is 92.6 Å². The number of hydrogen-bond donors (Lipinski definition) is 1. The predicted molar refractivity (Wildman–Crippen MR) is 149 cm³/mol. The van der Waals surface area contributed by atoms with Crippen molar-refractivity contribution in [3.05, 3.63) is 119 Å². The molecule has 0 saturated carbocycles. The number of anilines is 1. The highest BCUT2D eigenvalue weighted by Gasteiger charge is 2.45. The molecule has 0 bridgehead atoms. The summed E-state index contributed by atoms with van der Waals surface area (Å²) in [5.74, 6) is -1.40. The molecule has 1 atom stereocenters. The van der Waals surface area contributed by atoms with Gasteiger partial charge in [0.05, 0.1) is 18.7 Å². The number of aliphatic hydroxyl groups is 1. The zero-order chi connectivity index (χ0) is 27.4. The summed E-state index contributed by atoms with van der Waals surface area (Å²) in [4.78, 5) is 28.0. The number of aliphatic hydroxyl groups excluding tert-OH is 1. The number of ketones is 1. The highest BCUT2D eigenvalue weighted by molar-refractivity contribution is 8.00. The van der Waals surface area contributed by atoms with Crippen LogP contribution in [0.3, 0.4) is 0 Å². The number of benzene rings is 3. The van der Waals surface area contributed by atoms with Gasteiger partial charge in [0.2, 0.25) is 5.13 Å². The molecule has 0 fully saturated rings. The van der Waals surface area contributed by atoms with Crippen LogP contribution in [0.25, 0.3) is 6.08 Å². The van der Waals surface area contributed by atoms with E-state index in [1.807, 2.05) is 30.3 Å². The van der Waals surface area contributed by atoms with Gasteiger partial charge in [0.15, 0.2) is 15.9 Å². The normalized spacial score (nSPS) is 15.4. The number of allylic oxidation sites excluding steroid dienone is 1. The van der Waals surface area contributed by atoms with Gasteiger partial charge in [0.25, 0.3) is 5.91 Å². The molecule has 1 unspecified atom stereocenters. The fourth-order valence-electron chi connectivity index (χ4n) is 4.12. The fraction of sp³-hybridized carbons (Fsp3) is 0.103. The van der Waals surface area contributed by atoms with Crippen LogP contribution in [0.15, 0.2) is 101 Å². The summed E-state index contributed by atoms with van der Waals surface area (Å²) >= 11 is 2.40. The third-order valence-electron chi connectivity index (χ3n) is 6.02. The number of carbonyl (C=O) groups is 2. The summed E-state index contributed by atoms with van der Waals surface area (Å²) in [6.45, 7) is 0. The van der Waals surface area contributed by atoms with Crippen molar-refractivity contribution in [2.24, 2.45) is 0 Å². The second-order valence-corrected chi connectivity index (χ2v) is 10.6. The standard InChI is InChI=1S/C29H22FN3O4S2/c1-37-21-12-7-11-19(16-21)25-24(23(34)15-14-18-8-3-2-4-9-18)26(35)27(36)33(25)28-31-32-29(39-28)38-17-20-10-5-6-13-22(20)30/h2-16,25,35H,17H2,1H3/b15-14+. The minimum absolute atomic E-state index is 0.0730. The molecule has 196 valence electrons. The van der Waals surface area contributed by atoms with Crippen LogP contribution in [-0.4, -0.2) is 34.1 Å². The number of ether oxygens (including phenoxy) is 1. The molecular weight excluding hydrogens is 537 g/mol. The molecular formula is C29H22FN3O4S2. The quantitative estimate of drug-likeness (QED) is 0.149. The number of hydrogen-bond acceptors (Lipinski definition) is 8. The monoisotopic (exact) mass is 559 g/mol. The molecule has 0 saturated heterocycles. The van der Waals surface area contributed by atoms with E-state index in [0.717, 1.165) is 16.9 Å². The molecule has 1 aromatic heterocycles. The first-order valence-electron chi connectivity index (χ1n) is 11.8. The highest BCUT2D eigenvalue weighted by Crippen LogP contribution is 2.44. The second-order valence-electron chi connectivity index (χ2n) is 8.46. The van der Waals surface area contributed by atoms with Gasteiger partial charge in [-0.05, 0) is 41.0 Å². The van der Waals surface area contributed by atoms with Gasteiger partial charge in [-0.25, -0.2) is 4.39 Å². The molecule has 0 aliphatic carbocycles. The minimum Gasteiger partial charge on any atom is -0.503 e. The molecule has 0 spiro atoms. The maximum Gasteiger partial charge on any atom is 0.296 e. The summed E-state index contributed by atoms with van der Waals surface area (Å²) in [7, 11) is 1.52. The van der Waals surface area contributed by atoms with E-state index in [2.05, 4.69) is 10.2 Å². The van der Waals surface area contributed by atoms with E-state index in [1.165, 1.54) is 35.9 Å². The number of amides is 1. The van der Waals surface area contributed by atoms with Gasteiger partial charge in [-0.3, -0.25) is 14.5 Å². The molecule has 1 N–H and O–H groups in total. The Kier molecular flexibility index (Phi) is 7.85. The first-order chi connectivity index (χ1) is 19.0. The van der Waals surface area contributed by atoms with Crippen LogP contribution in [0.4, 0.5) is 9.52 Å². The van der Waals surface area contributed by atoms with Crippen molar-refractivity contribution in [2.45, 2.75) is 16.1 Å². The number of methoxy groups -OCH3 is 1. The van der Waals surface area contributed by atoms with Gasteiger partial charge in [-0.2, -0.15) is 0 Å². The number of carbonyl (C=O) groups excluding carboxylic acids is 2. The van der Waals surface area contributed by atoms with Crippen molar-refractivity contribution in [1.29, 1.82) is 0 Å². The fourth-order valence-corrected chi connectivity index (χ4v) is 5.97. The van der Waals surface area contributed by atoms with E-state index in [0.29, 0.717) is 27.0 Å². The molecule has 1 amide bonds. The Hall–Kier alpha value is -4.28. The molecule has 10 heteroatoms. The molecule has 7 nitrogen and oxygen atoms in total. The van der Waals surface area contributed by atoms with Gasteiger partial charge in [-0.15, -0.1) is 10.2 Å². The van der Waals surface area contributed by atoms with Crippen LogP contribution >= 0.6 is 23.1 Å². The summed E-state index contributed by atoms with van der Waals surface area (Å²) in [5, 5.41) is 19.5. The van der Waals surface area contributed by atoms with Crippen molar-refractivity contribution in [3.63, 3.8) is 0 Å². The largest absolute Gasteiger partial charge is 0.503 e. The number of halogens is 1. The van der Waals surface area contributed by atoms with Crippen molar-refractivity contribution in [1.82, 2.24) is 10.2 Å². The first kappa shape index (κ1) is 26.3. The van der Waals surface area contributed by atoms with Gasteiger partial charge in [0, 0.05) is 5.75 Å². The SMILES string of the molecule is COc1cccc(C2C(C(=O)/C=C/c3ccccc3)=C(O)C(=O)N2c2nnc(SCc3ccccc3F)s2)c1. The lowest BCUT2D eigenvalue weighted by Gasteiger charge is -2.24. The Labute approximate surface area is 232 Å². The number of nitrogens with zero attached hydrogens (tertiary/aromatic N) is 3. The summed E-state index contributed by atoms with van der Waals surface area (Å²) < 4.78 is 19.9. The first-order valence-corrected chi connectivity index (χ1v) is 13.6. The number of rotatable bonds is 9. The van der Waals surface area contributed by atoms with E-state index in [9.17, 15) is 19.1 Å². The Morgan fingerprint density at radius 1 is 1.10 bits per heavy atom. The van der Waals surface area contributed by atoms with Crippen molar-refractivity contribution in [3.8, 4) is 5.75 Å². The molecule has 39 heavy (non-hydrogen) atoms. The number of aromatic nitrogens is 2. The molecule has 5 rings (SSSR count). The lowest BCUT2D eigenvalue weighted by Crippen LogP contribution is -2.30. The van der Waals surface area contributed by atoms with Crippen LogP contribution < -0.4 is 9.64 Å². The third kappa shape index (κ3) is 5.62. The highest BCUT2D eigenvalue weighted by atomic mass is 32.2. The molecule has 4 aromatic rings. The Bertz CT molecular complexity index is 1590. The minimum atomic E-state index is -0.960. The maximum atomic E-state index is 14.0. The van der Waals surface area contributed by atoms with Gasteiger partial charge >= 0.3 is 0 Å². The Morgan fingerprint density at radius 2 is 1.87 bits per heavy atom. The predicted octanol–water partition coefficient (Wildman–Crippen LogP) is 6.16. The average molecular weight is 560 g/mol. The van der Waals surface area contributed by atoms with E-state index in [1.54, 1.807) is 48.5 Å². The van der Waals surface area contributed by atoms with Crippen LogP contribution in [-0.2, 0) is 15.3 Å². The van der Waals surface area contributed by atoms with Crippen LogP contribution in [0.5, 0.6) is 5.75 Å². The smallest absolute Gasteiger partial charge is 0.296 e. The van der Waals surface area contributed by atoms with E-state index >= 15 is 0 Å². The zero-order valence-corrected chi connectivity index (χ0v) is 22.3. The van der Waals surface area contributed by atoms with E-state index in [-0.39, 0.29) is 16.5 Å². The van der Waals surface area contributed by atoms with Gasteiger partial charge in [0.1, 0.15) is 11.6 Å². The van der Waals surface area contributed by atoms with E-state index in [4.69, 9.17) is 4.74 Å². The van der Waals surface area contributed by atoms with Crippen molar-refractivity contribution in [2.75, 3.05) is 12.0 Å². The molecule has 3 aromatic carbocycles. The Balaban J connectivity index is 1.48. The molecule has 1 aliphatic heterocycles. The van der Waals surface area contributed by atoms with Crippen molar-refractivity contribution < 1.29 is 23.8 Å². The summed E-state index contributed by atoms with van der Waals surface area (Å²) in [5.41, 5.74) is 1.80. The second kappa shape index (κ2) is 11.6. The third-order valence-corrected chi connectivity index (χ3v) is 8.13. The lowest BCUT2D eigenvalue weighted by molar-refractivity contribution is -0.117. The zero-order valence-electron chi connectivity index (χ0n) is 20.7. The summed E-state index contributed by atoms with van der Waals surface area (Å²) in [6.07, 6.45) is 2.96. The average Bonchev–Trinajstić information content (AvgIpc) is 3.53. The van der Waals surface area contributed by atoms with Gasteiger partial charge in [-0.1, -0.05) is 89.8 Å². The van der Waals surface area contributed by atoms with Gasteiger partial charge < -0.3 is 9.84 Å². The molecule has 1 aliphatic rings. The van der Waals surface area contributed by atoms with Crippen LogP contribution in [0, 0.1) is 5.82 Å². The van der Waals surface area contributed by atoms with E-state index < -0.39 is 23.5 Å². The van der Waals surface area contributed by atoms with Crippen LogP contribution in [0.2, 0.25) is 0 Å². The van der Waals surface area contributed by atoms with Crippen molar-refractivity contribution >= 4 is 46.0 Å². The molecule has 2 heterocycles. The Morgan fingerprint density at radius 3 is 2.64 bits per heavy atom. The molecule has 0 radical (unpaired) electrons. The lowest BCUT2D eigenvalue weighted by atomic mass is 9.95. The maximum absolute atomic E-state index is 14.0.